The standard InChI is InChI=1S/C19H32N2O4/c1-25-19(24)9-8-16-10-13-20(14-11-16)18(23)15-21-12-6-4-2-3-5-7-17(21)22/h16H,2-15H2,1H3. The van der Waals surface area contributed by atoms with Gasteiger partial charge in [0.25, 0.3) is 0 Å². The molecule has 0 saturated carbocycles. The first-order chi connectivity index (χ1) is 12.1. The number of esters is 1. The number of hydrogen-bond acceptors (Lipinski definition) is 4. The molecule has 0 spiro atoms. The highest BCUT2D eigenvalue weighted by molar-refractivity contribution is 5.85. The highest BCUT2D eigenvalue weighted by Gasteiger charge is 2.26. The number of rotatable bonds is 5. The molecule has 25 heavy (non-hydrogen) atoms. The third kappa shape index (κ3) is 6.67. The monoisotopic (exact) mass is 352 g/mol. The Bertz CT molecular complexity index is 458. The van der Waals surface area contributed by atoms with Gasteiger partial charge >= 0.3 is 5.97 Å². The average Bonchev–Trinajstić information content (AvgIpc) is 2.73. The predicted octanol–water partition coefficient (Wildman–Crippen LogP) is 2.36. The second kappa shape index (κ2) is 10.4. The van der Waals surface area contributed by atoms with Crippen LogP contribution in [0.4, 0.5) is 0 Å². The van der Waals surface area contributed by atoms with Gasteiger partial charge in [-0.25, -0.2) is 0 Å². The Hall–Kier alpha value is -1.59. The summed E-state index contributed by atoms with van der Waals surface area (Å²) in [6.45, 7) is 2.39. The first kappa shape index (κ1) is 19.7. The second-order valence-corrected chi connectivity index (χ2v) is 7.27. The number of nitrogens with zero attached hydrogens (tertiary/aromatic N) is 2. The molecule has 142 valence electrons. The molecule has 2 saturated heterocycles. The smallest absolute Gasteiger partial charge is 0.305 e. The van der Waals surface area contributed by atoms with Crippen molar-refractivity contribution in [2.75, 3.05) is 33.3 Å². The number of ether oxygens (including phenoxy) is 1. The lowest BCUT2D eigenvalue weighted by molar-refractivity contribution is -0.142. The Kier molecular flexibility index (Phi) is 8.22. The van der Waals surface area contributed by atoms with Crippen LogP contribution in [0, 0.1) is 5.92 Å². The number of amides is 2. The maximum absolute atomic E-state index is 12.6. The normalized spacial score (nSPS) is 20.6. The van der Waals surface area contributed by atoms with Crippen LogP contribution in [0.15, 0.2) is 0 Å². The summed E-state index contributed by atoms with van der Waals surface area (Å²) in [4.78, 5) is 39.7. The van der Waals surface area contributed by atoms with E-state index < -0.39 is 0 Å². The number of piperidine rings is 1. The number of carbonyl (C=O) groups is 3. The molecule has 6 heteroatoms. The Balaban J connectivity index is 1.75. The van der Waals surface area contributed by atoms with Crippen molar-refractivity contribution in [1.82, 2.24) is 9.80 Å². The van der Waals surface area contributed by atoms with Crippen molar-refractivity contribution >= 4 is 17.8 Å². The minimum Gasteiger partial charge on any atom is -0.469 e. The first-order valence-corrected chi connectivity index (χ1v) is 9.72. The zero-order chi connectivity index (χ0) is 18.1. The number of carbonyl (C=O) groups excluding carboxylic acids is 3. The average molecular weight is 352 g/mol. The molecule has 2 rings (SSSR count). The lowest BCUT2D eigenvalue weighted by Gasteiger charge is -2.33. The molecule has 0 aromatic heterocycles. The van der Waals surface area contributed by atoms with Crippen molar-refractivity contribution in [1.29, 1.82) is 0 Å². The molecular weight excluding hydrogens is 320 g/mol. The topological polar surface area (TPSA) is 66.9 Å². The van der Waals surface area contributed by atoms with Gasteiger partial charge in [0, 0.05) is 32.5 Å². The summed E-state index contributed by atoms with van der Waals surface area (Å²) in [6.07, 6.45) is 9.10. The lowest BCUT2D eigenvalue weighted by atomic mass is 9.92. The highest BCUT2D eigenvalue weighted by Crippen LogP contribution is 2.22. The van der Waals surface area contributed by atoms with E-state index in [9.17, 15) is 14.4 Å². The molecule has 0 aromatic rings. The van der Waals surface area contributed by atoms with Crippen LogP contribution in [0.5, 0.6) is 0 Å². The van der Waals surface area contributed by atoms with Crippen molar-refractivity contribution in [2.24, 2.45) is 5.92 Å². The van der Waals surface area contributed by atoms with Gasteiger partial charge in [0.15, 0.2) is 0 Å². The molecule has 0 N–H and O–H groups in total. The summed E-state index contributed by atoms with van der Waals surface area (Å²) < 4.78 is 4.68. The molecule has 2 amide bonds. The third-order valence-corrected chi connectivity index (χ3v) is 5.45. The van der Waals surface area contributed by atoms with Crippen LogP contribution in [0.25, 0.3) is 0 Å². The Morgan fingerprint density at radius 2 is 1.72 bits per heavy atom. The highest BCUT2D eigenvalue weighted by atomic mass is 16.5. The molecule has 0 unspecified atom stereocenters. The fraction of sp³-hybridized carbons (Fsp3) is 0.842. The molecule has 2 fully saturated rings. The summed E-state index contributed by atoms with van der Waals surface area (Å²) >= 11 is 0. The van der Waals surface area contributed by atoms with E-state index in [-0.39, 0.29) is 24.3 Å². The lowest BCUT2D eigenvalue weighted by Crippen LogP contribution is -2.46. The van der Waals surface area contributed by atoms with Crippen LogP contribution in [0.3, 0.4) is 0 Å². The van der Waals surface area contributed by atoms with Gasteiger partial charge in [0.05, 0.1) is 13.7 Å². The van der Waals surface area contributed by atoms with E-state index in [1.165, 1.54) is 13.5 Å². The molecule has 0 atom stereocenters. The van der Waals surface area contributed by atoms with E-state index in [0.717, 1.165) is 58.0 Å². The summed E-state index contributed by atoms with van der Waals surface area (Å²) in [5.74, 6) is 0.516. The molecule has 0 aromatic carbocycles. The fourth-order valence-corrected chi connectivity index (χ4v) is 3.72. The quantitative estimate of drug-likeness (QED) is 0.713. The van der Waals surface area contributed by atoms with Crippen LogP contribution >= 0.6 is 0 Å². The summed E-state index contributed by atoms with van der Waals surface area (Å²) in [7, 11) is 1.41. The Morgan fingerprint density at radius 1 is 1.04 bits per heavy atom. The van der Waals surface area contributed by atoms with E-state index in [0.29, 0.717) is 25.3 Å². The maximum Gasteiger partial charge on any atom is 0.305 e. The van der Waals surface area contributed by atoms with Crippen LogP contribution in [-0.4, -0.2) is 60.9 Å². The zero-order valence-electron chi connectivity index (χ0n) is 15.5. The molecule has 2 aliphatic heterocycles. The van der Waals surface area contributed by atoms with Gasteiger partial charge in [0.1, 0.15) is 0 Å². The minimum atomic E-state index is -0.162. The first-order valence-electron chi connectivity index (χ1n) is 9.72. The molecule has 0 aliphatic carbocycles. The van der Waals surface area contributed by atoms with Gasteiger partial charge < -0.3 is 14.5 Å². The van der Waals surface area contributed by atoms with Gasteiger partial charge in [-0.15, -0.1) is 0 Å². The molecular formula is C19H32N2O4. The van der Waals surface area contributed by atoms with Crippen LogP contribution in [-0.2, 0) is 19.1 Å². The largest absolute Gasteiger partial charge is 0.469 e. The van der Waals surface area contributed by atoms with Crippen molar-refractivity contribution < 1.29 is 19.1 Å². The summed E-state index contributed by atoms with van der Waals surface area (Å²) in [5.41, 5.74) is 0. The van der Waals surface area contributed by atoms with E-state index in [4.69, 9.17) is 0 Å². The number of methoxy groups -OCH3 is 1. The molecule has 0 radical (unpaired) electrons. The van der Waals surface area contributed by atoms with Gasteiger partial charge in [0.2, 0.25) is 11.8 Å². The van der Waals surface area contributed by atoms with Crippen molar-refractivity contribution in [3.8, 4) is 0 Å². The third-order valence-electron chi connectivity index (χ3n) is 5.45. The number of hydrogen-bond donors (Lipinski definition) is 0. The second-order valence-electron chi connectivity index (χ2n) is 7.27. The van der Waals surface area contributed by atoms with Crippen LogP contribution in [0.1, 0.15) is 64.2 Å². The van der Waals surface area contributed by atoms with Gasteiger partial charge in [-0.1, -0.05) is 19.3 Å². The number of likely N-dealkylation sites (tertiary alicyclic amines) is 1. The Morgan fingerprint density at radius 3 is 2.44 bits per heavy atom. The minimum absolute atomic E-state index is 0.0685. The van der Waals surface area contributed by atoms with Gasteiger partial charge in [-0.05, 0) is 38.0 Å². The van der Waals surface area contributed by atoms with Gasteiger partial charge in [-0.3, -0.25) is 14.4 Å². The maximum atomic E-state index is 12.6. The van der Waals surface area contributed by atoms with E-state index in [1.54, 1.807) is 4.90 Å². The molecule has 6 nitrogen and oxygen atoms in total. The SMILES string of the molecule is COC(=O)CCC1CCN(C(=O)CN2CCCCCCCC2=O)CC1. The van der Waals surface area contributed by atoms with E-state index in [2.05, 4.69) is 4.74 Å². The van der Waals surface area contributed by atoms with Crippen molar-refractivity contribution in [3.05, 3.63) is 0 Å². The molecule has 0 bridgehead atoms. The zero-order valence-corrected chi connectivity index (χ0v) is 15.5. The summed E-state index contributed by atoms with van der Waals surface area (Å²) in [6, 6.07) is 0. The Labute approximate surface area is 150 Å². The van der Waals surface area contributed by atoms with Crippen molar-refractivity contribution in [3.63, 3.8) is 0 Å². The molecule has 2 heterocycles. The van der Waals surface area contributed by atoms with Crippen LogP contribution in [0.2, 0.25) is 0 Å². The molecule has 2 aliphatic rings. The summed E-state index contributed by atoms with van der Waals surface area (Å²) in [5, 5.41) is 0. The predicted molar refractivity (Wildman–Crippen MR) is 94.8 cm³/mol. The van der Waals surface area contributed by atoms with Gasteiger partial charge in [-0.2, -0.15) is 0 Å². The van der Waals surface area contributed by atoms with E-state index in [1.807, 2.05) is 4.90 Å². The van der Waals surface area contributed by atoms with Crippen LogP contribution < -0.4 is 0 Å². The van der Waals surface area contributed by atoms with E-state index >= 15 is 0 Å². The van der Waals surface area contributed by atoms with Crippen molar-refractivity contribution in [2.45, 2.75) is 64.2 Å². The fourth-order valence-electron chi connectivity index (χ4n) is 3.72.